The Labute approximate surface area is 198 Å². The molecule has 0 bridgehead atoms. The first-order valence-corrected chi connectivity index (χ1v) is 12.0. The molecule has 1 heterocycles. The number of halogens is 3. The number of rotatable bonds is 3. The molecule has 26 heavy (non-hydrogen) atoms. The van der Waals surface area contributed by atoms with Gasteiger partial charge in [0, 0.05) is 27.7 Å². The summed E-state index contributed by atoms with van der Waals surface area (Å²) in [5, 5.41) is 0. The number of hydrogen-bond donors (Lipinski definition) is 0. The van der Waals surface area contributed by atoms with Gasteiger partial charge in [-0.15, -0.1) is 0 Å². The molecule has 0 amide bonds. The monoisotopic (exact) mass is 695 g/mol. The van der Waals surface area contributed by atoms with Crippen LogP contribution in [0, 0.1) is 16.6 Å². The van der Waals surface area contributed by atoms with Gasteiger partial charge in [0.1, 0.15) is 5.60 Å². The summed E-state index contributed by atoms with van der Waals surface area (Å²) in [6.45, 7) is 13.3. The maximum Gasteiger partial charge on any atom is 0.339 e. The molecule has 1 saturated heterocycles. The van der Waals surface area contributed by atoms with Crippen molar-refractivity contribution in [1.82, 2.24) is 4.90 Å². The lowest BCUT2D eigenvalue weighted by Gasteiger charge is -2.56. The Morgan fingerprint density at radius 3 is 2.12 bits per heavy atom. The molecular formula is C20H28I3NO2. The van der Waals surface area contributed by atoms with E-state index in [4.69, 9.17) is 4.74 Å². The molecule has 0 unspecified atom stereocenters. The molecule has 3 nitrogen and oxygen atoms in total. The van der Waals surface area contributed by atoms with Crippen LogP contribution in [0.2, 0.25) is 0 Å². The van der Waals surface area contributed by atoms with Crippen LogP contribution in [0.15, 0.2) is 12.1 Å². The summed E-state index contributed by atoms with van der Waals surface area (Å²) in [4.78, 5) is 15.4. The number of esters is 1. The zero-order valence-corrected chi connectivity index (χ0v) is 23.0. The zero-order valence-electron chi connectivity index (χ0n) is 16.5. The highest BCUT2D eigenvalue weighted by Gasteiger charge is 2.48. The molecule has 0 aliphatic carbocycles. The van der Waals surface area contributed by atoms with Crippen molar-refractivity contribution in [3.05, 3.63) is 28.4 Å². The van der Waals surface area contributed by atoms with Crippen LogP contribution in [-0.4, -0.2) is 34.6 Å². The van der Waals surface area contributed by atoms with Crippen molar-refractivity contribution in [2.45, 2.75) is 71.1 Å². The SMILES string of the molecule is CN1C(C)(C)CC(C(C)(C)OC(=O)c2cc(I)cc(I)c2I)CC1(C)C. The van der Waals surface area contributed by atoms with Crippen LogP contribution < -0.4 is 0 Å². The molecule has 1 aromatic rings. The third kappa shape index (κ3) is 4.87. The number of piperidine rings is 1. The van der Waals surface area contributed by atoms with Crippen LogP contribution in [0.1, 0.15) is 64.7 Å². The van der Waals surface area contributed by atoms with Crippen molar-refractivity contribution in [3.63, 3.8) is 0 Å². The second-order valence-electron chi connectivity index (χ2n) is 9.03. The van der Waals surface area contributed by atoms with Gasteiger partial charge >= 0.3 is 5.97 Å². The van der Waals surface area contributed by atoms with Gasteiger partial charge in [-0.2, -0.15) is 0 Å². The van der Waals surface area contributed by atoms with Gasteiger partial charge in [-0.1, -0.05) is 0 Å². The number of carbonyl (C=O) groups excluding carboxylic acids is 1. The van der Waals surface area contributed by atoms with Crippen LogP contribution in [0.3, 0.4) is 0 Å². The molecule has 0 spiro atoms. The van der Waals surface area contributed by atoms with Crippen LogP contribution in [0.4, 0.5) is 0 Å². The molecule has 0 atom stereocenters. The van der Waals surface area contributed by atoms with E-state index in [0.29, 0.717) is 11.5 Å². The van der Waals surface area contributed by atoms with Crippen molar-refractivity contribution >= 4 is 73.7 Å². The average molecular weight is 695 g/mol. The number of benzene rings is 1. The van der Waals surface area contributed by atoms with Gasteiger partial charge in [0.25, 0.3) is 0 Å². The number of hydrogen-bond acceptors (Lipinski definition) is 3. The van der Waals surface area contributed by atoms with E-state index in [2.05, 4.69) is 127 Å². The predicted octanol–water partition coefficient (Wildman–Crippen LogP) is 6.33. The van der Waals surface area contributed by atoms with E-state index in [0.717, 1.165) is 23.6 Å². The standard InChI is InChI=1S/C20H28I3NO2/c1-18(2)10-12(11-19(3,4)24(18)7)20(5,6)26-17(25)14-8-13(21)9-15(22)16(14)23/h8-9,12H,10-11H2,1-7H3. The molecule has 1 aromatic carbocycles. The first-order valence-electron chi connectivity index (χ1n) is 8.79. The number of carbonyl (C=O) groups is 1. The predicted molar refractivity (Wildman–Crippen MR) is 133 cm³/mol. The van der Waals surface area contributed by atoms with Crippen LogP contribution >= 0.6 is 67.8 Å². The van der Waals surface area contributed by atoms with Crippen molar-refractivity contribution in [2.75, 3.05) is 7.05 Å². The van der Waals surface area contributed by atoms with Gasteiger partial charge < -0.3 is 4.74 Å². The fraction of sp³-hybridized carbons (Fsp3) is 0.650. The van der Waals surface area contributed by atoms with Gasteiger partial charge in [-0.3, -0.25) is 4.90 Å². The van der Waals surface area contributed by atoms with Crippen molar-refractivity contribution in [1.29, 1.82) is 0 Å². The summed E-state index contributed by atoms with van der Waals surface area (Å²) in [6.07, 6.45) is 2.02. The minimum Gasteiger partial charge on any atom is -0.456 e. The fourth-order valence-corrected chi connectivity index (χ4v) is 6.32. The smallest absolute Gasteiger partial charge is 0.339 e. The first kappa shape index (κ1) is 23.1. The van der Waals surface area contributed by atoms with Crippen LogP contribution in [-0.2, 0) is 4.74 Å². The average Bonchev–Trinajstić information content (AvgIpc) is 2.47. The molecule has 1 fully saturated rings. The summed E-state index contributed by atoms with van der Waals surface area (Å²) >= 11 is 6.76. The van der Waals surface area contributed by atoms with Crippen molar-refractivity contribution in [2.24, 2.45) is 5.92 Å². The van der Waals surface area contributed by atoms with Gasteiger partial charge in [-0.05, 0) is 141 Å². The number of ether oxygens (including phenoxy) is 1. The summed E-state index contributed by atoms with van der Waals surface area (Å²) < 4.78 is 9.21. The third-order valence-corrected chi connectivity index (χ3v) is 9.53. The van der Waals surface area contributed by atoms with Gasteiger partial charge in [0.15, 0.2) is 0 Å². The molecule has 0 aromatic heterocycles. The Morgan fingerprint density at radius 2 is 1.62 bits per heavy atom. The fourth-order valence-electron chi connectivity index (χ4n) is 3.94. The third-order valence-electron chi connectivity index (χ3n) is 5.86. The molecule has 1 aliphatic heterocycles. The molecular weight excluding hydrogens is 667 g/mol. The maximum atomic E-state index is 13.0. The Bertz CT molecular complexity index is 695. The lowest BCUT2D eigenvalue weighted by atomic mass is 9.68. The molecule has 1 aliphatic rings. The Hall–Kier alpha value is 0.840. The van der Waals surface area contributed by atoms with Crippen LogP contribution in [0.25, 0.3) is 0 Å². The lowest BCUT2D eigenvalue weighted by Crippen LogP contribution is -2.61. The van der Waals surface area contributed by atoms with Crippen LogP contribution in [0.5, 0.6) is 0 Å². The van der Waals surface area contributed by atoms with E-state index in [-0.39, 0.29) is 17.0 Å². The van der Waals surface area contributed by atoms with E-state index in [1.54, 1.807) is 0 Å². The summed E-state index contributed by atoms with van der Waals surface area (Å²) in [5.74, 6) is 0.0949. The first-order chi connectivity index (χ1) is 11.7. The highest BCUT2D eigenvalue weighted by Crippen LogP contribution is 2.45. The zero-order chi connectivity index (χ0) is 20.1. The van der Waals surface area contributed by atoms with Crippen molar-refractivity contribution in [3.8, 4) is 0 Å². The minimum atomic E-state index is -0.511. The Morgan fingerprint density at radius 1 is 1.12 bits per heavy atom. The molecule has 0 N–H and O–H groups in total. The molecule has 0 radical (unpaired) electrons. The molecule has 2 rings (SSSR count). The quantitative estimate of drug-likeness (QED) is 0.211. The van der Waals surface area contributed by atoms with E-state index >= 15 is 0 Å². The normalized spacial score (nSPS) is 20.8. The molecule has 6 heteroatoms. The van der Waals surface area contributed by atoms with E-state index in [9.17, 15) is 4.79 Å². The second-order valence-corrected chi connectivity index (χ2v) is 12.5. The summed E-state index contributed by atoms with van der Waals surface area (Å²) in [6, 6.07) is 4.00. The van der Waals surface area contributed by atoms with Gasteiger partial charge in [-0.25, -0.2) is 4.79 Å². The van der Waals surface area contributed by atoms with Gasteiger partial charge in [0.05, 0.1) is 5.56 Å². The van der Waals surface area contributed by atoms with E-state index in [1.807, 2.05) is 6.07 Å². The number of nitrogens with zero attached hydrogens (tertiary/aromatic N) is 1. The Balaban J connectivity index is 2.27. The van der Waals surface area contributed by atoms with E-state index < -0.39 is 5.60 Å². The largest absolute Gasteiger partial charge is 0.456 e. The highest BCUT2D eigenvalue weighted by molar-refractivity contribution is 14.1. The van der Waals surface area contributed by atoms with Crippen molar-refractivity contribution < 1.29 is 9.53 Å². The summed E-state index contributed by atoms with van der Waals surface area (Å²) in [7, 11) is 2.20. The highest BCUT2D eigenvalue weighted by atomic mass is 127. The topological polar surface area (TPSA) is 29.5 Å². The molecule has 0 saturated carbocycles. The summed E-state index contributed by atoms with van der Waals surface area (Å²) in [5.41, 5.74) is 0.300. The lowest BCUT2D eigenvalue weighted by molar-refractivity contribution is -0.101. The maximum absolute atomic E-state index is 13.0. The minimum absolute atomic E-state index is 0.0715. The van der Waals surface area contributed by atoms with E-state index in [1.165, 1.54) is 0 Å². The molecule has 146 valence electrons. The Kier molecular flexibility index (Phi) is 7.05. The second kappa shape index (κ2) is 7.93. The number of likely N-dealkylation sites (tertiary alicyclic amines) is 1. The van der Waals surface area contributed by atoms with Gasteiger partial charge in [0.2, 0.25) is 0 Å².